The maximum absolute atomic E-state index is 12.9. The molecule has 1 unspecified atom stereocenters. The quantitative estimate of drug-likeness (QED) is 0.685. The Labute approximate surface area is 130 Å². The number of nitrogens with zero attached hydrogens (tertiary/aromatic N) is 1. The van der Waals surface area contributed by atoms with Crippen LogP contribution in [-0.4, -0.2) is 5.78 Å². The second-order valence-electron chi connectivity index (χ2n) is 3.72. The SMILES string of the molecule is N#CC(C(=O)c1cc(Br)sc1Br)c1ccc(F)cc1. The lowest BCUT2D eigenvalue weighted by molar-refractivity contribution is 0.0978. The maximum Gasteiger partial charge on any atom is 0.186 e. The predicted molar refractivity (Wildman–Crippen MR) is 78.8 cm³/mol. The molecule has 1 heterocycles. The van der Waals surface area contributed by atoms with Crippen molar-refractivity contribution in [2.45, 2.75) is 5.92 Å². The van der Waals surface area contributed by atoms with Gasteiger partial charge in [0.2, 0.25) is 0 Å². The van der Waals surface area contributed by atoms with E-state index >= 15 is 0 Å². The number of rotatable bonds is 3. The van der Waals surface area contributed by atoms with Crippen molar-refractivity contribution in [3.8, 4) is 6.07 Å². The van der Waals surface area contributed by atoms with Gasteiger partial charge in [-0.3, -0.25) is 4.79 Å². The first-order valence-electron chi connectivity index (χ1n) is 5.17. The molecule has 1 aromatic heterocycles. The van der Waals surface area contributed by atoms with Crippen LogP contribution < -0.4 is 0 Å². The van der Waals surface area contributed by atoms with E-state index in [-0.39, 0.29) is 5.78 Å². The lowest BCUT2D eigenvalue weighted by atomic mass is 9.93. The van der Waals surface area contributed by atoms with Crippen molar-refractivity contribution in [1.82, 2.24) is 0 Å². The molecule has 96 valence electrons. The molecule has 0 radical (unpaired) electrons. The maximum atomic E-state index is 12.9. The third-order valence-corrected chi connectivity index (χ3v) is 4.86. The normalized spacial score (nSPS) is 11.9. The van der Waals surface area contributed by atoms with Crippen LogP contribution in [0.3, 0.4) is 0 Å². The highest BCUT2D eigenvalue weighted by molar-refractivity contribution is 9.12. The fraction of sp³-hybridized carbons (Fsp3) is 0.0769. The predicted octanol–water partition coefficient (Wildman–Crippen LogP) is 4.90. The number of halogens is 3. The summed E-state index contributed by atoms with van der Waals surface area (Å²) in [5.74, 6) is -1.63. The standard InChI is InChI=1S/C13H6Br2FNOS/c14-11-5-9(13(15)19-11)12(18)10(6-17)7-1-3-8(16)4-2-7/h1-5,10H. The third kappa shape index (κ3) is 3.11. The van der Waals surface area contributed by atoms with Gasteiger partial charge in [0.25, 0.3) is 0 Å². The van der Waals surface area contributed by atoms with Crippen molar-refractivity contribution in [1.29, 1.82) is 5.26 Å². The Morgan fingerprint density at radius 1 is 1.32 bits per heavy atom. The largest absolute Gasteiger partial charge is 0.292 e. The second kappa shape index (κ2) is 5.95. The molecule has 0 amide bonds. The van der Waals surface area contributed by atoms with Gasteiger partial charge in [-0.25, -0.2) is 4.39 Å². The molecule has 0 aliphatic carbocycles. The summed E-state index contributed by atoms with van der Waals surface area (Å²) in [5, 5.41) is 9.19. The molecule has 0 aliphatic rings. The van der Waals surface area contributed by atoms with E-state index in [0.29, 0.717) is 14.9 Å². The van der Waals surface area contributed by atoms with Crippen molar-refractivity contribution < 1.29 is 9.18 Å². The minimum atomic E-state index is -0.932. The molecule has 0 N–H and O–H groups in total. The molecular formula is C13H6Br2FNOS. The highest BCUT2D eigenvalue weighted by Gasteiger charge is 2.25. The Kier molecular flexibility index (Phi) is 4.50. The van der Waals surface area contributed by atoms with Gasteiger partial charge in [-0.15, -0.1) is 11.3 Å². The number of Topliss-reactive ketones (excluding diaryl/α,β-unsaturated/α-hetero) is 1. The summed E-state index contributed by atoms with van der Waals surface area (Å²) < 4.78 is 14.3. The zero-order valence-corrected chi connectivity index (χ0v) is 13.4. The molecule has 0 bridgehead atoms. The van der Waals surface area contributed by atoms with Crippen molar-refractivity contribution >= 4 is 49.0 Å². The van der Waals surface area contributed by atoms with Crippen molar-refractivity contribution in [3.63, 3.8) is 0 Å². The van der Waals surface area contributed by atoms with Crippen molar-refractivity contribution in [2.75, 3.05) is 0 Å². The molecule has 0 spiro atoms. The summed E-state index contributed by atoms with van der Waals surface area (Å²) in [7, 11) is 0. The zero-order chi connectivity index (χ0) is 14.0. The first kappa shape index (κ1) is 14.4. The first-order chi connectivity index (χ1) is 9.02. The van der Waals surface area contributed by atoms with E-state index in [1.807, 2.05) is 6.07 Å². The molecule has 2 rings (SSSR count). The number of ketones is 1. The van der Waals surface area contributed by atoms with E-state index in [0.717, 1.165) is 3.79 Å². The van der Waals surface area contributed by atoms with Gasteiger partial charge in [-0.2, -0.15) is 5.26 Å². The monoisotopic (exact) mass is 401 g/mol. The van der Waals surface area contributed by atoms with E-state index in [1.165, 1.54) is 35.6 Å². The van der Waals surface area contributed by atoms with Crippen molar-refractivity contribution in [2.24, 2.45) is 0 Å². The minimum Gasteiger partial charge on any atom is -0.292 e. The lowest BCUT2D eigenvalue weighted by Crippen LogP contribution is -2.11. The van der Waals surface area contributed by atoms with E-state index < -0.39 is 11.7 Å². The van der Waals surface area contributed by atoms with Gasteiger partial charge in [-0.1, -0.05) is 12.1 Å². The molecule has 0 aliphatic heterocycles. The van der Waals surface area contributed by atoms with Gasteiger partial charge in [0.1, 0.15) is 11.7 Å². The Morgan fingerprint density at radius 3 is 2.42 bits per heavy atom. The molecule has 1 atom stereocenters. The molecule has 2 nitrogen and oxygen atoms in total. The van der Waals surface area contributed by atoms with Gasteiger partial charge >= 0.3 is 0 Å². The smallest absolute Gasteiger partial charge is 0.186 e. The average molecular weight is 403 g/mol. The summed E-state index contributed by atoms with van der Waals surface area (Å²) in [4.78, 5) is 12.3. The van der Waals surface area contributed by atoms with Crippen LogP contribution in [0, 0.1) is 17.1 Å². The van der Waals surface area contributed by atoms with Crippen LogP contribution in [0.4, 0.5) is 4.39 Å². The highest BCUT2D eigenvalue weighted by atomic mass is 79.9. The lowest BCUT2D eigenvalue weighted by Gasteiger charge is -2.07. The van der Waals surface area contributed by atoms with Gasteiger partial charge in [0.05, 0.1) is 13.6 Å². The number of carbonyl (C=O) groups is 1. The molecule has 2 aromatic rings. The second-order valence-corrected chi connectivity index (χ2v) is 7.47. The molecular weight excluding hydrogens is 397 g/mol. The van der Waals surface area contributed by atoms with Gasteiger partial charge < -0.3 is 0 Å². The Morgan fingerprint density at radius 2 is 1.95 bits per heavy atom. The summed E-state index contributed by atoms with van der Waals surface area (Å²) in [6.45, 7) is 0. The molecule has 0 saturated heterocycles. The van der Waals surface area contributed by atoms with Crippen LogP contribution in [0.1, 0.15) is 21.8 Å². The minimum absolute atomic E-state index is 0.303. The Balaban J connectivity index is 2.38. The number of hydrogen-bond acceptors (Lipinski definition) is 3. The topological polar surface area (TPSA) is 40.9 Å². The molecule has 0 saturated carbocycles. The number of thiophene rings is 1. The van der Waals surface area contributed by atoms with Gasteiger partial charge in [0.15, 0.2) is 5.78 Å². The fourth-order valence-corrected chi connectivity index (χ4v) is 4.42. The van der Waals surface area contributed by atoms with Crippen LogP contribution in [0.15, 0.2) is 37.9 Å². The first-order valence-corrected chi connectivity index (χ1v) is 7.57. The van der Waals surface area contributed by atoms with E-state index in [2.05, 4.69) is 31.9 Å². The van der Waals surface area contributed by atoms with Crippen LogP contribution >= 0.6 is 43.2 Å². The van der Waals surface area contributed by atoms with Crippen LogP contribution in [-0.2, 0) is 0 Å². The van der Waals surface area contributed by atoms with Crippen LogP contribution in [0.25, 0.3) is 0 Å². The highest BCUT2D eigenvalue weighted by Crippen LogP contribution is 2.34. The summed E-state index contributed by atoms with van der Waals surface area (Å²) in [6, 6.07) is 9.03. The van der Waals surface area contributed by atoms with Gasteiger partial charge in [-0.05, 0) is 55.6 Å². The number of hydrogen-bond donors (Lipinski definition) is 0. The number of carbonyl (C=O) groups excluding carboxylic acids is 1. The zero-order valence-electron chi connectivity index (χ0n) is 9.36. The van der Waals surface area contributed by atoms with Crippen LogP contribution in [0.5, 0.6) is 0 Å². The Bertz CT molecular complexity index is 660. The van der Waals surface area contributed by atoms with E-state index in [1.54, 1.807) is 6.07 Å². The van der Waals surface area contributed by atoms with E-state index in [9.17, 15) is 14.4 Å². The molecule has 19 heavy (non-hydrogen) atoms. The van der Waals surface area contributed by atoms with Gasteiger partial charge in [0, 0.05) is 5.56 Å². The van der Waals surface area contributed by atoms with E-state index in [4.69, 9.17) is 0 Å². The molecule has 0 fully saturated rings. The third-order valence-electron chi connectivity index (χ3n) is 2.52. The number of nitriles is 1. The molecule has 1 aromatic carbocycles. The summed E-state index contributed by atoms with van der Waals surface area (Å²) in [5.41, 5.74) is 0.941. The Hall–Kier alpha value is -1.03. The van der Waals surface area contributed by atoms with Crippen molar-refractivity contribution in [3.05, 3.63) is 54.8 Å². The fourth-order valence-electron chi connectivity index (χ4n) is 1.60. The average Bonchev–Trinajstić information content (AvgIpc) is 2.71. The summed E-state index contributed by atoms with van der Waals surface area (Å²) >= 11 is 7.96. The molecule has 6 heteroatoms. The summed E-state index contributed by atoms with van der Waals surface area (Å²) in [6.07, 6.45) is 0. The number of benzene rings is 1. The van der Waals surface area contributed by atoms with Crippen LogP contribution in [0.2, 0.25) is 0 Å².